The van der Waals surface area contributed by atoms with Gasteiger partial charge in [0.2, 0.25) is 0 Å². The number of oxime groups is 1. The molecule has 6 heteroatoms. The van der Waals surface area contributed by atoms with Gasteiger partial charge in [0.25, 0.3) is 0 Å². The minimum absolute atomic E-state index is 0.0755. The zero-order valence-corrected chi connectivity index (χ0v) is 19.3. The Labute approximate surface area is 185 Å². The van der Waals surface area contributed by atoms with E-state index < -0.39 is 0 Å². The van der Waals surface area contributed by atoms with E-state index in [1.165, 1.54) is 7.11 Å². The summed E-state index contributed by atoms with van der Waals surface area (Å²) in [5.41, 5.74) is 1.04. The van der Waals surface area contributed by atoms with Crippen molar-refractivity contribution in [1.82, 2.24) is 5.32 Å². The van der Waals surface area contributed by atoms with E-state index in [2.05, 4.69) is 24.3 Å². The Morgan fingerprint density at radius 3 is 2.68 bits per heavy atom. The van der Waals surface area contributed by atoms with Crippen LogP contribution in [0.4, 0.5) is 0 Å². The van der Waals surface area contributed by atoms with Crippen LogP contribution >= 0.6 is 0 Å². The van der Waals surface area contributed by atoms with Crippen LogP contribution in [0.3, 0.4) is 0 Å². The molecule has 0 radical (unpaired) electrons. The third-order valence-electron chi connectivity index (χ3n) is 10.1. The summed E-state index contributed by atoms with van der Waals surface area (Å²) in [5, 5.41) is 7.88. The summed E-state index contributed by atoms with van der Waals surface area (Å²) in [6.45, 7) is 6.48. The van der Waals surface area contributed by atoms with E-state index in [0.717, 1.165) is 76.6 Å². The molecule has 5 aliphatic rings. The van der Waals surface area contributed by atoms with Crippen LogP contribution in [0.25, 0.3) is 0 Å². The molecule has 5 fully saturated rings. The minimum Gasteiger partial charge on any atom is -0.469 e. The fourth-order valence-electron chi connectivity index (χ4n) is 8.28. The molecule has 4 saturated carbocycles. The Kier molecular flexibility index (Phi) is 5.43. The number of carbonyl (C=O) groups excluding carboxylic acids is 2. The number of rotatable bonds is 3. The number of hydrogen-bond acceptors (Lipinski definition) is 6. The van der Waals surface area contributed by atoms with Crippen molar-refractivity contribution in [3.05, 3.63) is 0 Å². The monoisotopic (exact) mass is 430 g/mol. The summed E-state index contributed by atoms with van der Waals surface area (Å²) in [7, 11) is 1.52. The second kappa shape index (κ2) is 7.86. The number of nitrogens with zero attached hydrogens (tertiary/aromatic N) is 1. The molecular weight excluding hydrogens is 392 g/mol. The fraction of sp³-hybridized carbons (Fsp3) is 0.880. The van der Waals surface area contributed by atoms with E-state index in [1.807, 2.05) is 0 Å². The van der Waals surface area contributed by atoms with Crippen molar-refractivity contribution < 1.29 is 19.2 Å². The second-order valence-corrected chi connectivity index (χ2v) is 11.4. The highest BCUT2D eigenvalue weighted by Crippen LogP contribution is 2.66. The summed E-state index contributed by atoms with van der Waals surface area (Å²) in [4.78, 5) is 31.6. The van der Waals surface area contributed by atoms with Gasteiger partial charge in [0.1, 0.15) is 11.9 Å². The molecule has 1 unspecified atom stereocenters. The van der Waals surface area contributed by atoms with Crippen LogP contribution in [0, 0.1) is 40.4 Å². The van der Waals surface area contributed by atoms with E-state index in [1.54, 1.807) is 0 Å². The standard InChI is InChI=1S/C25H38N2O4/c1-24-9-6-15(27-31-16-8-11-26-14-16)12-21(24)18(23(29)30-3)13-17-19-4-5-22(28)25(19,2)10-7-20(17)24/h16-21,26H,4-14H2,1-3H3/b27-15+/t16-,17+,18+,19+,20+,21?,24-,25+/m1/s1. The molecule has 31 heavy (non-hydrogen) atoms. The van der Waals surface area contributed by atoms with Crippen LogP contribution in [0.1, 0.15) is 71.6 Å². The van der Waals surface area contributed by atoms with Crippen molar-refractivity contribution in [3.8, 4) is 0 Å². The van der Waals surface area contributed by atoms with Crippen molar-refractivity contribution in [2.24, 2.45) is 45.6 Å². The molecule has 0 bridgehead atoms. The van der Waals surface area contributed by atoms with Gasteiger partial charge in [0, 0.05) is 24.8 Å². The number of methoxy groups -OCH3 is 1. The van der Waals surface area contributed by atoms with Gasteiger partial charge in [-0.15, -0.1) is 0 Å². The maximum absolute atomic E-state index is 13.0. The number of carbonyl (C=O) groups is 2. The lowest BCUT2D eigenvalue weighted by Gasteiger charge is -2.61. The Bertz CT molecular complexity index is 775. The molecule has 4 aliphatic carbocycles. The second-order valence-electron chi connectivity index (χ2n) is 11.4. The van der Waals surface area contributed by atoms with Crippen LogP contribution in [-0.4, -0.2) is 43.8 Å². The quantitative estimate of drug-likeness (QED) is 0.545. The third kappa shape index (κ3) is 3.35. The van der Waals surface area contributed by atoms with Gasteiger partial charge in [-0.2, -0.15) is 0 Å². The Morgan fingerprint density at radius 1 is 1.10 bits per heavy atom. The number of nitrogens with one attached hydrogen (secondary N) is 1. The number of esters is 1. The van der Waals surface area contributed by atoms with E-state index >= 15 is 0 Å². The SMILES string of the molecule is COC(=O)[C@H]1C[C@@H]2[C@H](CC[C@]3(C)C(=O)CC[C@@H]23)[C@@]2(C)CC/C(=N\O[C@@H]3CCNC3)CC12. The van der Waals surface area contributed by atoms with Gasteiger partial charge in [-0.25, -0.2) is 0 Å². The molecule has 172 valence electrons. The van der Waals surface area contributed by atoms with E-state index in [4.69, 9.17) is 9.57 Å². The molecule has 0 aromatic heterocycles. The van der Waals surface area contributed by atoms with Gasteiger partial charge in [-0.1, -0.05) is 19.0 Å². The molecule has 1 saturated heterocycles. The molecular formula is C25H38N2O4. The van der Waals surface area contributed by atoms with Crippen molar-refractivity contribution >= 4 is 17.5 Å². The smallest absolute Gasteiger partial charge is 0.308 e. The number of hydrogen-bond donors (Lipinski definition) is 1. The van der Waals surface area contributed by atoms with Gasteiger partial charge < -0.3 is 14.9 Å². The Morgan fingerprint density at radius 2 is 1.94 bits per heavy atom. The lowest BCUT2D eigenvalue weighted by atomic mass is 9.43. The highest BCUT2D eigenvalue weighted by molar-refractivity contribution is 5.88. The predicted octanol–water partition coefficient (Wildman–Crippen LogP) is 3.73. The van der Waals surface area contributed by atoms with Gasteiger partial charge >= 0.3 is 5.97 Å². The number of fused-ring (bicyclic) bond motifs is 5. The normalized spacial score (nSPS) is 48.1. The topological polar surface area (TPSA) is 77.0 Å². The Hall–Kier alpha value is -1.43. The molecule has 0 aromatic carbocycles. The molecule has 0 amide bonds. The Balaban J connectivity index is 1.41. The van der Waals surface area contributed by atoms with Crippen molar-refractivity contribution in [3.63, 3.8) is 0 Å². The van der Waals surface area contributed by atoms with Gasteiger partial charge in [-0.3, -0.25) is 9.59 Å². The molecule has 6 nitrogen and oxygen atoms in total. The van der Waals surface area contributed by atoms with E-state index in [0.29, 0.717) is 23.5 Å². The van der Waals surface area contributed by atoms with Crippen LogP contribution in [0.15, 0.2) is 5.16 Å². The van der Waals surface area contributed by atoms with Crippen molar-refractivity contribution in [2.45, 2.75) is 77.7 Å². The van der Waals surface area contributed by atoms with Crippen LogP contribution < -0.4 is 5.32 Å². The molecule has 5 rings (SSSR count). The lowest BCUT2D eigenvalue weighted by Crippen LogP contribution is -2.57. The molecule has 1 aliphatic heterocycles. The maximum atomic E-state index is 13.0. The zero-order valence-electron chi connectivity index (χ0n) is 19.3. The van der Waals surface area contributed by atoms with E-state index in [9.17, 15) is 9.59 Å². The van der Waals surface area contributed by atoms with Gasteiger partial charge in [0.15, 0.2) is 0 Å². The number of ether oxygens (including phenoxy) is 1. The molecule has 0 spiro atoms. The highest BCUT2D eigenvalue weighted by atomic mass is 16.6. The molecule has 8 atom stereocenters. The van der Waals surface area contributed by atoms with E-state index in [-0.39, 0.29) is 34.7 Å². The van der Waals surface area contributed by atoms with Gasteiger partial charge in [0.05, 0.1) is 18.7 Å². The van der Waals surface area contributed by atoms with Crippen LogP contribution in [0.5, 0.6) is 0 Å². The minimum atomic E-state index is -0.171. The first-order valence-electron chi connectivity index (χ1n) is 12.4. The molecule has 1 heterocycles. The lowest BCUT2D eigenvalue weighted by molar-refractivity contribution is -0.167. The van der Waals surface area contributed by atoms with Crippen molar-refractivity contribution in [1.29, 1.82) is 0 Å². The average molecular weight is 431 g/mol. The van der Waals surface area contributed by atoms with Crippen LogP contribution in [-0.2, 0) is 19.2 Å². The summed E-state index contributed by atoms with van der Waals surface area (Å²) in [5.74, 6) is 1.99. The third-order valence-corrected chi connectivity index (χ3v) is 10.1. The summed E-state index contributed by atoms with van der Waals surface area (Å²) < 4.78 is 5.31. The maximum Gasteiger partial charge on any atom is 0.308 e. The first kappa shape index (κ1) is 21.4. The average Bonchev–Trinajstić information content (AvgIpc) is 3.39. The summed E-state index contributed by atoms with van der Waals surface area (Å²) in [6.07, 6.45) is 8.72. The fourth-order valence-corrected chi connectivity index (χ4v) is 8.28. The first-order valence-corrected chi connectivity index (χ1v) is 12.4. The largest absolute Gasteiger partial charge is 0.469 e. The number of ketones is 1. The molecule has 1 N–H and O–H groups in total. The number of Topliss-reactive ketones (excluding diaryl/α,β-unsaturated/α-hetero) is 1. The molecule has 0 aromatic rings. The van der Waals surface area contributed by atoms with Crippen molar-refractivity contribution in [2.75, 3.05) is 20.2 Å². The summed E-state index contributed by atoms with van der Waals surface area (Å²) >= 11 is 0. The van der Waals surface area contributed by atoms with Gasteiger partial charge in [-0.05, 0) is 80.6 Å². The summed E-state index contributed by atoms with van der Waals surface area (Å²) in [6, 6.07) is 0. The predicted molar refractivity (Wildman–Crippen MR) is 117 cm³/mol. The zero-order chi connectivity index (χ0) is 21.8. The van der Waals surface area contributed by atoms with Crippen LogP contribution in [0.2, 0.25) is 0 Å². The first-order chi connectivity index (χ1) is 14.9. The highest BCUT2D eigenvalue weighted by Gasteiger charge is 2.63.